The molecule has 0 unspecified atom stereocenters. The van der Waals surface area contributed by atoms with Crippen molar-refractivity contribution in [3.8, 4) is 0 Å². The molecule has 1 aromatic carbocycles. The normalized spacial score (nSPS) is 24.6. The number of nitrogens with zero attached hydrogens (tertiary/aromatic N) is 4. The lowest BCUT2D eigenvalue weighted by molar-refractivity contribution is -0.122. The van der Waals surface area contributed by atoms with Crippen LogP contribution in [0.1, 0.15) is 57.4 Å². The molecule has 0 radical (unpaired) electrons. The highest BCUT2D eigenvalue weighted by Crippen LogP contribution is 2.38. The van der Waals surface area contributed by atoms with Crippen LogP contribution in [0.15, 0.2) is 18.3 Å². The summed E-state index contributed by atoms with van der Waals surface area (Å²) in [5.74, 6) is -1.44. The van der Waals surface area contributed by atoms with Gasteiger partial charge in [-0.25, -0.2) is 18.7 Å². The smallest absolute Gasteiger partial charge is 0.224 e. The highest BCUT2D eigenvalue weighted by molar-refractivity contribution is 6.33. The van der Waals surface area contributed by atoms with Gasteiger partial charge in [-0.2, -0.15) is 4.98 Å². The number of hydrogen-bond donors (Lipinski definition) is 4. The summed E-state index contributed by atoms with van der Waals surface area (Å²) >= 11 is 6.13. The van der Waals surface area contributed by atoms with Gasteiger partial charge < -0.3 is 21.5 Å². The van der Waals surface area contributed by atoms with E-state index in [2.05, 4.69) is 20.6 Å². The van der Waals surface area contributed by atoms with Gasteiger partial charge in [0.05, 0.1) is 23.0 Å². The standard InChI is InChI=1S/C24H28ClF2N7O2/c25-17-8-13(26)9-18(27)20(17)32-24-31-19-11-29-23(30-14-2-1-3-16(35)10-14)33-22(19)34(24)15-6-4-12(5-7-15)21(28)36/h8-9,11-12,14-16,35H,1-7,10H2,(H2,28,36)(H,31,32)(H,29,30,33)/t12?,14-,15?,16-/m1/s1. The Kier molecular flexibility index (Phi) is 6.94. The van der Waals surface area contributed by atoms with E-state index >= 15 is 0 Å². The average Bonchev–Trinajstić information content (AvgIpc) is 3.18. The van der Waals surface area contributed by atoms with Gasteiger partial charge in [-0.1, -0.05) is 11.6 Å². The molecule has 192 valence electrons. The van der Waals surface area contributed by atoms with E-state index in [9.17, 15) is 18.7 Å². The number of aliphatic hydroxyl groups excluding tert-OH is 1. The third-order valence-electron chi connectivity index (χ3n) is 7.12. The van der Waals surface area contributed by atoms with Crippen molar-refractivity contribution in [1.82, 2.24) is 19.5 Å². The fourth-order valence-corrected chi connectivity index (χ4v) is 5.51. The summed E-state index contributed by atoms with van der Waals surface area (Å²) in [7, 11) is 0. The largest absolute Gasteiger partial charge is 0.393 e. The van der Waals surface area contributed by atoms with Crippen LogP contribution in [0.3, 0.4) is 0 Å². The summed E-state index contributed by atoms with van der Waals surface area (Å²) < 4.78 is 30.1. The molecule has 3 aromatic rings. The maximum Gasteiger partial charge on any atom is 0.224 e. The van der Waals surface area contributed by atoms with Crippen molar-refractivity contribution in [2.75, 3.05) is 10.6 Å². The molecule has 0 saturated heterocycles. The number of nitrogens with one attached hydrogen (secondary N) is 2. The number of aromatic nitrogens is 4. The van der Waals surface area contributed by atoms with Crippen LogP contribution in [0, 0.1) is 17.6 Å². The van der Waals surface area contributed by atoms with Crippen molar-refractivity contribution in [2.24, 2.45) is 11.7 Å². The summed E-state index contributed by atoms with van der Waals surface area (Å²) in [4.78, 5) is 25.4. The second kappa shape index (κ2) is 10.1. The maximum atomic E-state index is 14.6. The number of rotatable bonds is 6. The molecule has 5 N–H and O–H groups in total. The van der Waals surface area contributed by atoms with Gasteiger partial charge in [-0.3, -0.25) is 9.36 Å². The summed E-state index contributed by atoms with van der Waals surface area (Å²) in [6.45, 7) is 0. The van der Waals surface area contributed by atoms with E-state index in [0.717, 1.165) is 31.4 Å². The average molecular weight is 520 g/mol. The molecule has 0 bridgehead atoms. The van der Waals surface area contributed by atoms with Gasteiger partial charge >= 0.3 is 0 Å². The van der Waals surface area contributed by atoms with Crippen LogP contribution in [0.2, 0.25) is 5.02 Å². The second-order valence-electron chi connectivity index (χ2n) is 9.65. The summed E-state index contributed by atoms with van der Waals surface area (Å²) in [5, 5.41) is 16.1. The Labute approximate surface area is 211 Å². The molecule has 0 spiro atoms. The number of carbonyl (C=O) groups excluding carboxylic acids is 1. The van der Waals surface area contributed by atoms with Crippen LogP contribution in [-0.4, -0.2) is 42.7 Å². The molecule has 0 aliphatic heterocycles. The van der Waals surface area contributed by atoms with E-state index in [-0.39, 0.29) is 40.7 Å². The topological polar surface area (TPSA) is 131 Å². The van der Waals surface area contributed by atoms with Gasteiger partial charge in [-0.15, -0.1) is 0 Å². The Bertz CT molecular complexity index is 1260. The van der Waals surface area contributed by atoms with Crippen molar-refractivity contribution in [1.29, 1.82) is 0 Å². The Hall–Kier alpha value is -3.05. The van der Waals surface area contributed by atoms with Crippen LogP contribution < -0.4 is 16.4 Å². The maximum absolute atomic E-state index is 14.6. The van der Waals surface area contributed by atoms with Crippen molar-refractivity contribution in [3.05, 3.63) is 35.0 Å². The molecule has 2 aliphatic rings. The summed E-state index contributed by atoms with van der Waals surface area (Å²) in [6.07, 6.45) is 6.99. The lowest BCUT2D eigenvalue weighted by Crippen LogP contribution is -2.30. The van der Waals surface area contributed by atoms with E-state index in [1.807, 2.05) is 4.57 Å². The molecule has 2 aromatic heterocycles. The number of imidazole rings is 1. The molecule has 12 heteroatoms. The predicted octanol–water partition coefficient (Wildman–Crippen LogP) is 4.43. The molecule has 36 heavy (non-hydrogen) atoms. The van der Waals surface area contributed by atoms with Gasteiger partial charge in [-0.05, 0) is 57.4 Å². The van der Waals surface area contributed by atoms with E-state index in [1.165, 1.54) is 0 Å². The predicted molar refractivity (Wildman–Crippen MR) is 132 cm³/mol. The highest BCUT2D eigenvalue weighted by Gasteiger charge is 2.30. The Morgan fingerprint density at radius 3 is 2.61 bits per heavy atom. The first-order valence-corrected chi connectivity index (χ1v) is 12.6. The minimum atomic E-state index is -0.847. The number of primary amides is 1. The summed E-state index contributed by atoms with van der Waals surface area (Å²) in [5.41, 5.74) is 6.44. The minimum Gasteiger partial charge on any atom is -0.393 e. The third-order valence-corrected chi connectivity index (χ3v) is 7.42. The zero-order valence-corrected chi connectivity index (χ0v) is 20.3. The molecule has 1 amide bonds. The van der Waals surface area contributed by atoms with Gasteiger partial charge in [0.15, 0.2) is 11.5 Å². The number of halogens is 3. The number of nitrogens with two attached hydrogens (primary N) is 1. The Morgan fingerprint density at radius 2 is 1.92 bits per heavy atom. The lowest BCUT2D eigenvalue weighted by atomic mass is 9.85. The van der Waals surface area contributed by atoms with Crippen LogP contribution in [0.25, 0.3) is 11.2 Å². The van der Waals surface area contributed by atoms with Crippen LogP contribution >= 0.6 is 11.6 Å². The number of fused-ring (bicyclic) bond motifs is 1. The highest BCUT2D eigenvalue weighted by atomic mass is 35.5. The van der Waals surface area contributed by atoms with Crippen LogP contribution in [0.4, 0.5) is 26.4 Å². The number of benzene rings is 1. The fourth-order valence-electron chi connectivity index (χ4n) is 5.26. The minimum absolute atomic E-state index is 0.0540. The van der Waals surface area contributed by atoms with Crippen LogP contribution in [0.5, 0.6) is 0 Å². The molecule has 2 fully saturated rings. The molecule has 9 nitrogen and oxygen atoms in total. The zero-order chi connectivity index (χ0) is 25.4. The molecular weight excluding hydrogens is 492 g/mol. The lowest BCUT2D eigenvalue weighted by Gasteiger charge is -2.29. The number of carbonyl (C=O) groups is 1. The molecule has 2 heterocycles. The fraction of sp³-hybridized carbons (Fsp3) is 0.500. The Balaban J connectivity index is 1.51. The molecule has 5 rings (SSSR count). The second-order valence-corrected chi connectivity index (χ2v) is 10.1. The monoisotopic (exact) mass is 519 g/mol. The summed E-state index contributed by atoms with van der Waals surface area (Å²) in [6, 6.07) is 1.74. The first-order valence-electron chi connectivity index (χ1n) is 12.2. The third kappa shape index (κ3) is 5.08. The molecule has 2 aliphatic carbocycles. The quantitative estimate of drug-likeness (QED) is 0.379. The van der Waals surface area contributed by atoms with Crippen molar-refractivity contribution >= 4 is 46.3 Å². The van der Waals surface area contributed by atoms with Gasteiger partial charge in [0.1, 0.15) is 11.3 Å². The van der Waals surface area contributed by atoms with E-state index in [0.29, 0.717) is 55.2 Å². The van der Waals surface area contributed by atoms with Gasteiger partial charge in [0, 0.05) is 24.1 Å². The van der Waals surface area contributed by atoms with E-state index in [1.54, 1.807) is 6.20 Å². The van der Waals surface area contributed by atoms with Crippen molar-refractivity contribution < 1.29 is 18.7 Å². The van der Waals surface area contributed by atoms with Gasteiger partial charge in [0.25, 0.3) is 0 Å². The first-order chi connectivity index (χ1) is 17.3. The van der Waals surface area contributed by atoms with E-state index < -0.39 is 11.6 Å². The van der Waals surface area contributed by atoms with Gasteiger partial charge in [0.2, 0.25) is 17.8 Å². The number of anilines is 3. The number of amides is 1. The SMILES string of the molecule is NC(=O)C1CCC(n2c(Nc3c(F)cc(F)cc3Cl)nc3cnc(N[C@@H]4CCC[C@@H](O)C4)nc32)CC1. The van der Waals surface area contributed by atoms with Crippen molar-refractivity contribution in [3.63, 3.8) is 0 Å². The van der Waals surface area contributed by atoms with Crippen molar-refractivity contribution in [2.45, 2.75) is 69.6 Å². The molecular formula is C24H28ClF2N7O2. The number of aliphatic hydroxyl groups is 1. The van der Waals surface area contributed by atoms with Crippen LogP contribution in [-0.2, 0) is 4.79 Å². The van der Waals surface area contributed by atoms with E-state index in [4.69, 9.17) is 22.3 Å². The zero-order valence-electron chi connectivity index (χ0n) is 19.6. The first kappa shape index (κ1) is 24.6. The molecule has 2 saturated carbocycles. The molecule has 2 atom stereocenters. The Morgan fingerprint density at radius 1 is 1.14 bits per heavy atom. The number of hydrogen-bond acceptors (Lipinski definition) is 7.